The molecule has 1 heterocycles. The Bertz CT molecular complexity index is 240. The molecule has 1 atom stereocenters. The lowest BCUT2D eigenvalue weighted by molar-refractivity contribution is -0.130. The van der Waals surface area contributed by atoms with E-state index in [-0.39, 0.29) is 11.3 Å². The second kappa shape index (κ2) is 8.81. The minimum Gasteiger partial charge on any atom is -0.356 e. The van der Waals surface area contributed by atoms with Crippen LogP contribution in [0.4, 0.5) is 0 Å². The lowest BCUT2D eigenvalue weighted by Gasteiger charge is -2.26. The lowest BCUT2D eigenvalue weighted by Crippen LogP contribution is -2.42. The van der Waals surface area contributed by atoms with Crippen LogP contribution in [-0.2, 0) is 4.79 Å². The molecule has 1 rings (SSSR count). The number of carbonyl (C=O) groups excluding carboxylic acids is 1. The summed E-state index contributed by atoms with van der Waals surface area (Å²) in [4.78, 5) is 12.3. The van der Waals surface area contributed by atoms with Crippen molar-refractivity contribution in [1.29, 1.82) is 0 Å². The van der Waals surface area contributed by atoms with Crippen LogP contribution < -0.4 is 10.6 Å². The zero-order valence-corrected chi connectivity index (χ0v) is 12.7. The van der Waals surface area contributed by atoms with E-state index in [0.717, 1.165) is 45.3 Å². The largest absolute Gasteiger partial charge is 0.356 e. The first-order valence-corrected chi connectivity index (χ1v) is 8.62. The minimum atomic E-state index is -0.117. The fourth-order valence-electron chi connectivity index (χ4n) is 2.68. The first-order chi connectivity index (χ1) is 8.75. The van der Waals surface area contributed by atoms with Gasteiger partial charge in [-0.15, -0.1) is 0 Å². The number of amides is 1. The van der Waals surface area contributed by atoms with Crippen molar-refractivity contribution in [1.82, 2.24) is 10.6 Å². The fraction of sp³-hybridized carbons (Fsp3) is 0.929. The van der Waals surface area contributed by atoms with Crippen LogP contribution >= 0.6 is 11.8 Å². The Morgan fingerprint density at radius 3 is 2.83 bits per heavy atom. The van der Waals surface area contributed by atoms with Crippen LogP contribution in [0.1, 0.15) is 45.4 Å². The highest BCUT2D eigenvalue weighted by atomic mass is 32.2. The van der Waals surface area contributed by atoms with Gasteiger partial charge in [0.2, 0.25) is 5.91 Å². The van der Waals surface area contributed by atoms with Crippen molar-refractivity contribution in [3.05, 3.63) is 0 Å². The third-order valence-electron chi connectivity index (χ3n) is 3.76. The highest BCUT2D eigenvalue weighted by Gasteiger charge is 2.39. The molecule has 1 aliphatic rings. The quantitative estimate of drug-likeness (QED) is 0.633. The monoisotopic (exact) mass is 272 g/mol. The molecule has 1 saturated heterocycles. The van der Waals surface area contributed by atoms with Gasteiger partial charge >= 0.3 is 0 Å². The molecule has 3 nitrogen and oxygen atoms in total. The molecule has 0 saturated carbocycles. The van der Waals surface area contributed by atoms with Crippen LogP contribution in [0.3, 0.4) is 0 Å². The molecule has 4 heteroatoms. The van der Waals surface area contributed by atoms with Gasteiger partial charge in [0.05, 0.1) is 5.41 Å². The summed E-state index contributed by atoms with van der Waals surface area (Å²) in [6.45, 7) is 4.86. The van der Waals surface area contributed by atoms with Crippen LogP contribution in [0.25, 0.3) is 0 Å². The molecule has 0 bridgehead atoms. The van der Waals surface area contributed by atoms with Gasteiger partial charge in [-0.05, 0) is 44.2 Å². The molecule has 0 spiro atoms. The molecule has 0 aromatic carbocycles. The summed E-state index contributed by atoms with van der Waals surface area (Å²) in [7, 11) is 0. The molecule has 1 fully saturated rings. The SMILES string of the molecule is CCCC1(C(=O)NCCCCCSC)CCNC1. The number of unbranched alkanes of at least 4 members (excludes halogenated alkanes) is 2. The van der Waals surface area contributed by atoms with E-state index in [1.807, 2.05) is 11.8 Å². The Morgan fingerprint density at radius 1 is 1.39 bits per heavy atom. The van der Waals surface area contributed by atoms with E-state index >= 15 is 0 Å². The average Bonchev–Trinajstić information content (AvgIpc) is 2.83. The van der Waals surface area contributed by atoms with Gasteiger partial charge < -0.3 is 10.6 Å². The van der Waals surface area contributed by atoms with Gasteiger partial charge in [-0.25, -0.2) is 0 Å². The van der Waals surface area contributed by atoms with E-state index in [1.165, 1.54) is 18.6 Å². The molecule has 106 valence electrons. The van der Waals surface area contributed by atoms with Crippen LogP contribution in [0, 0.1) is 5.41 Å². The maximum atomic E-state index is 12.3. The highest BCUT2D eigenvalue weighted by molar-refractivity contribution is 7.98. The minimum absolute atomic E-state index is 0.117. The van der Waals surface area contributed by atoms with Crippen molar-refractivity contribution >= 4 is 17.7 Å². The number of nitrogens with one attached hydrogen (secondary N) is 2. The summed E-state index contributed by atoms with van der Waals surface area (Å²) in [6, 6.07) is 0. The number of thioether (sulfide) groups is 1. The van der Waals surface area contributed by atoms with E-state index in [4.69, 9.17) is 0 Å². The van der Waals surface area contributed by atoms with Gasteiger partial charge in [0, 0.05) is 13.1 Å². The Hall–Kier alpha value is -0.220. The fourth-order valence-corrected chi connectivity index (χ4v) is 3.17. The molecule has 1 unspecified atom stereocenters. The van der Waals surface area contributed by atoms with Crippen LogP contribution in [0.15, 0.2) is 0 Å². The Labute approximate surface area is 116 Å². The van der Waals surface area contributed by atoms with Crippen LogP contribution in [-0.4, -0.2) is 37.6 Å². The van der Waals surface area contributed by atoms with E-state index < -0.39 is 0 Å². The number of rotatable bonds is 9. The average molecular weight is 272 g/mol. The molecule has 2 N–H and O–H groups in total. The lowest BCUT2D eigenvalue weighted by atomic mass is 9.81. The van der Waals surface area contributed by atoms with Crippen molar-refractivity contribution in [2.45, 2.75) is 45.4 Å². The molecule has 0 aromatic rings. The highest BCUT2D eigenvalue weighted by Crippen LogP contribution is 2.31. The van der Waals surface area contributed by atoms with E-state index in [1.54, 1.807) is 0 Å². The zero-order chi connectivity index (χ0) is 13.3. The summed E-state index contributed by atoms with van der Waals surface area (Å²) in [5.74, 6) is 1.51. The Morgan fingerprint density at radius 2 is 2.22 bits per heavy atom. The molecular weight excluding hydrogens is 244 g/mol. The smallest absolute Gasteiger partial charge is 0.227 e. The van der Waals surface area contributed by atoms with Crippen molar-refractivity contribution in [2.24, 2.45) is 5.41 Å². The van der Waals surface area contributed by atoms with Gasteiger partial charge in [0.25, 0.3) is 0 Å². The van der Waals surface area contributed by atoms with E-state index in [2.05, 4.69) is 23.8 Å². The molecule has 18 heavy (non-hydrogen) atoms. The summed E-state index contributed by atoms with van der Waals surface area (Å²) >= 11 is 1.90. The topological polar surface area (TPSA) is 41.1 Å². The predicted octanol–water partition coefficient (Wildman–Crippen LogP) is 2.42. The second-order valence-corrected chi connectivity index (χ2v) is 6.25. The summed E-state index contributed by atoms with van der Waals surface area (Å²) < 4.78 is 0. The van der Waals surface area contributed by atoms with Crippen molar-refractivity contribution < 1.29 is 4.79 Å². The first-order valence-electron chi connectivity index (χ1n) is 7.23. The van der Waals surface area contributed by atoms with Crippen LogP contribution in [0.5, 0.6) is 0 Å². The van der Waals surface area contributed by atoms with Crippen molar-refractivity contribution in [3.8, 4) is 0 Å². The van der Waals surface area contributed by atoms with Crippen LogP contribution in [0.2, 0.25) is 0 Å². The van der Waals surface area contributed by atoms with E-state index in [0.29, 0.717) is 0 Å². The standard InChI is InChI=1S/C14H28N2OS/c1-3-7-14(8-10-15-12-14)13(17)16-9-5-4-6-11-18-2/h15H,3-12H2,1-2H3,(H,16,17). The molecule has 1 aliphatic heterocycles. The third-order valence-corrected chi connectivity index (χ3v) is 4.46. The van der Waals surface area contributed by atoms with Gasteiger partial charge in [-0.1, -0.05) is 19.8 Å². The molecule has 1 amide bonds. The second-order valence-electron chi connectivity index (χ2n) is 5.27. The predicted molar refractivity (Wildman–Crippen MR) is 80.1 cm³/mol. The van der Waals surface area contributed by atoms with Gasteiger partial charge in [-0.3, -0.25) is 4.79 Å². The zero-order valence-electron chi connectivity index (χ0n) is 11.9. The van der Waals surface area contributed by atoms with E-state index in [9.17, 15) is 4.79 Å². The molecule has 0 radical (unpaired) electrons. The molecule has 0 aliphatic carbocycles. The number of carbonyl (C=O) groups is 1. The normalized spacial score (nSPS) is 23.2. The summed E-state index contributed by atoms with van der Waals surface area (Å²) in [5.41, 5.74) is -0.117. The molecular formula is C14H28N2OS. The maximum Gasteiger partial charge on any atom is 0.227 e. The first kappa shape index (κ1) is 15.8. The van der Waals surface area contributed by atoms with Gasteiger partial charge in [0.1, 0.15) is 0 Å². The Kier molecular flexibility index (Phi) is 7.75. The number of hydrogen-bond donors (Lipinski definition) is 2. The summed E-state index contributed by atoms with van der Waals surface area (Å²) in [5, 5.41) is 6.48. The van der Waals surface area contributed by atoms with Crippen molar-refractivity contribution in [2.75, 3.05) is 31.6 Å². The van der Waals surface area contributed by atoms with Gasteiger partial charge in [0.15, 0.2) is 0 Å². The number of hydrogen-bond acceptors (Lipinski definition) is 3. The van der Waals surface area contributed by atoms with Crippen molar-refractivity contribution in [3.63, 3.8) is 0 Å². The summed E-state index contributed by atoms with van der Waals surface area (Å²) in [6.07, 6.45) is 8.84. The van der Waals surface area contributed by atoms with Gasteiger partial charge in [-0.2, -0.15) is 11.8 Å². The molecule has 0 aromatic heterocycles. The maximum absolute atomic E-state index is 12.3. The third kappa shape index (κ3) is 4.81. The Balaban J connectivity index is 2.21.